The van der Waals surface area contributed by atoms with Crippen LogP contribution in [0.3, 0.4) is 0 Å². The lowest BCUT2D eigenvalue weighted by Gasteiger charge is -2.41. The fourth-order valence-corrected chi connectivity index (χ4v) is 7.07. The lowest BCUT2D eigenvalue weighted by molar-refractivity contribution is 0.310. The molecule has 0 N–H and O–H groups in total. The number of hydrogen-bond donors (Lipinski definition) is 0. The largest absolute Gasteiger partial charge is 0.468 e. The Kier molecular flexibility index (Phi) is 6.53. The van der Waals surface area contributed by atoms with Crippen LogP contribution in [-0.2, 0) is 0 Å². The predicted molar refractivity (Wildman–Crippen MR) is 193 cm³/mol. The fraction of sp³-hybridized carbons (Fsp3) is 0.0500. The molecule has 9 rings (SSSR count). The molecule has 4 heterocycles. The fourth-order valence-electron chi connectivity index (χ4n) is 7.07. The smallest absolute Gasteiger partial charge is 0.342 e. The van der Waals surface area contributed by atoms with E-state index in [1.807, 2.05) is 36.4 Å². The molecule has 0 spiro atoms. The van der Waals surface area contributed by atoms with E-state index in [0.717, 1.165) is 68.0 Å². The summed E-state index contributed by atoms with van der Waals surface area (Å²) in [4.78, 5) is 6.83. The summed E-state index contributed by atoms with van der Waals surface area (Å²) in [6.45, 7) is -0.358. The minimum atomic E-state index is -0.358. The van der Waals surface area contributed by atoms with Gasteiger partial charge in [0.15, 0.2) is 0 Å². The summed E-state index contributed by atoms with van der Waals surface area (Å²) in [7, 11) is 3.26. The lowest BCUT2D eigenvalue weighted by atomic mass is 9.38. The van der Waals surface area contributed by atoms with Crippen LogP contribution >= 0.6 is 0 Å². The van der Waals surface area contributed by atoms with Gasteiger partial charge in [-0.2, -0.15) is 0 Å². The predicted octanol–water partition coefficient (Wildman–Crippen LogP) is 8.44. The lowest BCUT2D eigenvalue weighted by Crippen LogP contribution is -2.60. The first-order valence-electron chi connectivity index (χ1n) is 15.9. The van der Waals surface area contributed by atoms with Gasteiger partial charge < -0.3 is 33.0 Å². The van der Waals surface area contributed by atoms with E-state index in [9.17, 15) is 0 Å². The molecule has 0 radical (unpaired) electrons. The average molecular weight is 628 g/mol. The number of ether oxygens (including phenoxy) is 2. The van der Waals surface area contributed by atoms with Gasteiger partial charge in [0.1, 0.15) is 11.3 Å². The highest BCUT2D eigenvalue weighted by molar-refractivity contribution is 6.99. The van der Waals surface area contributed by atoms with Crippen molar-refractivity contribution in [2.75, 3.05) is 28.9 Å². The molecule has 5 aromatic carbocycles. The zero-order chi connectivity index (χ0) is 32.2. The van der Waals surface area contributed by atoms with Crippen molar-refractivity contribution in [2.45, 2.75) is 0 Å². The van der Waals surface area contributed by atoms with Crippen molar-refractivity contribution >= 4 is 74.7 Å². The van der Waals surface area contributed by atoms with Crippen LogP contribution in [0.15, 0.2) is 154 Å². The highest BCUT2D eigenvalue weighted by Crippen LogP contribution is 2.49. The first-order valence-corrected chi connectivity index (χ1v) is 15.9. The summed E-state index contributed by atoms with van der Waals surface area (Å²) < 4.78 is 24.5. The van der Waals surface area contributed by atoms with E-state index in [-0.39, 0.29) is 6.71 Å². The number of hydrogen-bond acceptors (Lipinski definition) is 7. The van der Waals surface area contributed by atoms with Crippen LogP contribution in [0.2, 0.25) is 0 Å². The first kappa shape index (κ1) is 28.0. The molecule has 0 saturated heterocycles. The Morgan fingerprint density at radius 1 is 0.479 bits per heavy atom. The van der Waals surface area contributed by atoms with Crippen molar-refractivity contribution < 1.29 is 18.3 Å². The van der Waals surface area contributed by atoms with Crippen molar-refractivity contribution in [3.05, 3.63) is 146 Å². The summed E-state index contributed by atoms with van der Waals surface area (Å²) in [6, 6.07) is 50.2. The molecule has 232 valence electrons. The van der Waals surface area contributed by atoms with Gasteiger partial charge in [-0.25, -0.2) is 0 Å². The van der Waals surface area contributed by atoms with Crippen LogP contribution in [0.1, 0.15) is 0 Å². The van der Waals surface area contributed by atoms with Gasteiger partial charge in [0.2, 0.25) is 0 Å². The maximum Gasteiger partial charge on any atom is 0.342 e. The van der Waals surface area contributed by atoms with E-state index in [1.165, 1.54) is 0 Å². The van der Waals surface area contributed by atoms with Crippen molar-refractivity contribution in [3.63, 3.8) is 0 Å². The Hall–Kier alpha value is -6.28. The molecule has 48 heavy (non-hydrogen) atoms. The van der Waals surface area contributed by atoms with Crippen molar-refractivity contribution in [2.24, 2.45) is 0 Å². The monoisotopic (exact) mass is 627 g/mol. The van der Waals surface area contributed by atoms with E-state index in [1.54, 1.807) is 14.2 Å². The van der Waals surface area contributed by atoms with E-state index in [0.29, 0.717) is 11.9 Å². The van der Waals surface area contributed by atoms with Gasteiger partial charge in [0.05, 0.1) is 31.3 Å². The number of anilines is 9. The van der Waals surface area contributed by atoms with Gasteiger partial charge in [-0.05, 0) is 66.1 Å². The Balaban J connectivity index is 1.41. The van der Waals surface area contributed by atoms with Crippen LogP contribution < -0.4 is 41.0 Å². The first-order chi connectivity index (χ1) is 23.7. The maximum atomic E-state index is 6.52. The summed E-state index contributed by atoms with van der Waals surface area (Å²) in [5.74, 6) is 0.854. The van der Waals surface area contributed by atoms with Crippen LogP contribution in [0.25, 0.3) is 0 Å². The molecule has 2 aromatic heterocycles. The molecule has 0 atom stereocenters. The Morgan fingerprint density at radius 2 is 0.875 bits per heavy atom. The second kappa shape index (κ2) is 11.2. The van der Waals surface area contributed by atoms with Crippen LogP contribution in [0, 0.1) is 0 Å². The molecular formula is C40H30BN3O4. The zero-order valence-electron chi connectivity index (χ0n) is 26.4. The van der Waals surface area contributed by atoms with Crippen LogP contribution in [0.4, 0.5) is 51.2 Å². The zero-order valence-corrected chi connectivity index (χ0v) is 26.4. The molecule has 7 nitrogen and oxygen atoms in total. The summed E-state index contributed by atoms with van der Waals surface area (Å²) in [5, 5.41) is 0. The van der Waals surface area contributed by atoms with E-state index < -0.39 is 0 Å². The molecule has 7 aromatic rings. The molecule has 2 aliphatic rings. The van der Waals surface area contributed by atoms with E-state index >= 15 is 0 Å². The number of nitrogens with zero attached hydrogens (tertiary/aromatic N) is 3. The van der Waals surface area contributed by atoms with Crippen LogP contribution in [0.5, 0.6) is 11.9 Å². The summed E-state index contributed by atoms with van der Waals surface area (Å²) >= 11 is 0. The summed E-state index contributed by atoms with van der Waals surface area (Å²) in [6.07, 6.45) is 0. The third-order valence-corrected chi connectivity index (χ3v) is 9.05. The third kappa shape index (κ3) is 4.30. The van der Waals surface area contributed by atoms with Gasteiger partial charge in [-0.3, -0.25) is 0 Å². The van der Waals surface area contributed by atoms with E-state index in [2.05, 4.69) is 124 Å². The van der Waals surface area contributed by atoms with Gasteiger partial charge in [0, 0.05) is 46.3 Å². The van der Waals surface area contributed by atoms with Gasteiger partial charge >= 0.3 is 6.71 Å². The quantitative estimate of drug-likeness (QED) is 0.164. The van der Waals surface area contributed by atoms with Gasteiger partial charge in [0.25, 0.3) is 11.9 Å². The number of benzene rings is 5. The SMILES string of the molecule is COc1cc2c(o1)B1c3oc(OC)cc3N(c3ccccc3)c3cc(N(c4ccccc4)c4ccccc4)cc(c31)N2c1ccccc1. The molecular weight excluding hydrogens is 597 g/mol. The molecule has 0 saturated carbocycles. The summed E-state index contributed by atoms with van der Waals surface area (Å²) in [5.41, 5.74) is 11.4. The Bertz CT molecular complexity index is 2080. The second-order valence-electron chi connectivity index (χ2n) is 11.7. The molecule has 0 aliphatic carbocycles. The standard InChI is InChI=1S/C40H30BN3O4/c1-45-36-25-34-39(47-36)41-38-32(43(34)29-19-11-5-12-20-29)23-31(42(27-15-7-3-8-16-27)28-17-9-4-10-18-28)24-33(38)44(30-21-13-6-14-22-30)35-26-37(46-2)48-40(35)41/h3-26H,1-2H3. The number of fused-ring (bicyclic) bond motifs is 4. The third-order valence-electron chi connectivity index (χ3n) is 9.05. The highest BCUT2D eigenvalue weighted by Gasteiger charge is 2.49. The number of methoxy groups -OCH3 is 2. The van der Waals surface area contributed by atoms with Gasteiger partial charge in [-0.15, -0.1) is 0 Å². The molecule has 0 amide bonds. The molecule has 0 fully saturated rings. The molecule has 0 unspecified atom stereocenters. The van der Waals surface area contributed by atoms with Crippen molar-refractivity contribution in [1.82, 2.24) is 0 Å². The normalized spacial score (nSPS) is 12.7. The highest BCUT2D eigenvalue weighted by atomic mass is 16.6. The number of rotatable bonds is 7. The van der Waals surface area contributed by atoms with Crippen molar-refractivity contribution in [3.8, 4) is 11.9 Å². The second-order valence-corrected chi connectivity index (χ2v) is 11.7. The van der Waals surface area contributed by atoms with Crippen molar-refractivity contribution in [1.29, 1.82) is 0 Å². The number of furan rings is 2. The minimum absolute atomic E-state index is 0.358. The molecule has 8 heteroatoms. The Labute approximate surface area is 278 Å². The topological polar surface area (TPSA) is 54.5 Å². The molecule has 0 bridgehead atoms. The maximum absolute atomic E-state index is 6.52. The van der Waals surface area contributed by atoms with Gasteiger partial charge in [-0.1, -0.05) is 72.8 Å². The molecule has 2 aliphatic heterocycles. The van der Waals surface area contributed by atoms with E-state index in [4.69, 9.17) is 18.3 Å². The minimum Gasteiger partial charge on any atom is -0.468 e. The number of para-hydroxylation sites is 4. The average Bonchev–Trinajstić information content (AvgIpc) is 3.78. The van der Waals surface area contributed by atoms with Crippen LogP contribution in [-0.4, -0.2) is 20.9 Å². The Morgan fingerprint density at radius 3 is 1.27 bits per heavy atom.